The quantitative estimate of drug-likeness (QED) is 0.589. The van der Waals surface area contributed by atoms with Crippen LogP contribution in [0, 0.1) is 5.82 Å². The Morgan fingerprint density at radius 1 is 1.24 bits per heavy atom. The van der Waals surface area contributed by atoms with Crippen LogP contribution in [-0.2, 0) is 10.0 Å². The van der Waals surface area contributed by atoms with E-state index in [1.54, 1.807) is 6.92 Å². The van der Waals surface area contributed by atoms with Gasteiger partial charge in [0.15, 0.2) is 0 Å². The van der Waals surface area contributed by atoms with Crippen LogP contribution in [-0.4, -0.2) is 56.4 Å². The molecule has 0 aromatic heterocycles. The first-order chi connectivity index (χ1) is 16.0. The fraction of sp³-hybridized carbons (Fsp3) is 0.381. The molecule has 2 aromatic carbocycles. The molecule has 0 radical (unpaired) electrons. The Bertz CT molecular complexity index is 1200. The maximum absolute atomic E-state index is 14.1. The average Bonchev–Trinajstić information content (AvgIpc) is 3.16. The highest BCUT2D eigenvalue weighted by Crippen LogP contribution is 2.39. The molecule has 2 aliphatic heterocycles. The summed E-state index contributed by atoms with van der Waals surface area (Å²) in [5, 5.41) is 1.88. The Labute approximate surface area is 199 Å². The molecular formula is C21H22ClF3N4O4S. The highest BCUT2D eigenvalue weighted by molar-refractivity contribution is 7.93. The Hall–Kier alpha value is -2.54. The van der Waals surface area contributed by atoms with Crippen molar-refractivity contribution < 1.29 is 31.1 Å². The van der Waals surface area contributed by atoms with Gasteiger partial charge in [0.1, 0.15) is 22.9 Å². The predicted molar refractivity (Wildman–Crippen MR) is 121 cm³/mol. The van der Waals surface area contributed by atoms with Crippen LogP contribution in [0.2, 0.25) is 5.02 Å². The minimum Gasteiger partial charge on any atom is -0.487 e. The number of halogens is 4. The lowest BCUT2D eigenvalue weighted by Crippen LogP contribution is -2.49. The number of hydrogen-bond acceptors (Lipinski definition) is 6. The molecule has 0 saturated carbocycles. The lowest BCUT2D eigenvalue weighted by atomic mass is 10.1. The number of carbonyl (C=O) groups excluding carboxylic acids is 1. The van der Waals surface area contributed by atoms with E-state index in [9.17, 15) is 26.4 Å². The molecule has 2 aromatic rings. The van der Waals surface area contributed by atoms with Gasteiger partial charge in [-0.1, -0.05) is 17.7 Å². The number of rotatable bonds is 5. The molecule has 1 amide bonds. The maximum atomic E-state index is 14.1. The van der Waals surface area contributed by atoms with Gasteiger partial charge in [0.2, 0.25) is 10.0 Å². The molecule has 0 spiro atoms. The summed E-state index contributed by atoms with van der Waals surface area (Å²) in [5.74, 6) is -1.38. The molecule has 3 atom stereocenters. The Kier molecular flexibility index (Phi) is 6.69. The second-order valence-corrected chi connectivity index (χ2v) is 10.6. The largest absolute Gasteiger partial charge is 0.487 e. The minimum absolute atomic E-state index is 0.0518. The average molecular weight is 519 g/mol. The molecule has 8 nitrogen and oxygen atoms in total. The zero-order valence-corrected chi connectivity index (χ0v) is 19.7. The van der Waals surface area contributed by atoms with Crippen molar-refractivity contribution in [1.29, 1.82) is 0 Å². The van der Waals surface area contributed by atoms with Crippen molar-refractivity contribution in [1.82, 2.24) is 10.4 Å². The number of amides is 1. The summed E-state index contributed by atoms with van der Waals surface area (Å²) < 4.78 is 74.3. The Balaban J connectivity index is 1.66. The van der Waals surface area contributed by atoms with Gasteiger partial charge in [0.05, 0.1) is 22.8 Å². The van der Waals surface area contributed by atoms with Crippen LogP contribution in [0.4, 0.5) is 24.5 Å². The number of alkyl halides is 2. The smallest absolute Gasteiger partial charge is 0.306 e. The zero-order valence-electron chi connectivity index (χ0n) is 18.1. The molecule has 34 heavy (non-hydrogen) atoms. The van der Waals surface area contributed by atoms with Crippen molar-refractivity contribution in [2.75, 3.05) is 22.7 Å². The second kappa shape index (κ2) is 9.25. The molecule has 4 rings (SSSR count). The molecular weight excluding hydrogens is 497 g/mol. The van der Waals surface area contributed by atoms with E-state index in [-0.39, 0.29) is 34.3 Å². The molecule has 184 valence electrons. The number of anilines is 2. The van der Waals surface area contributed by atoms with Gasteiger partial charge < -0.3 is 10.1 Å². The van der Waals surface area contributed by atoms with Gasteiger partial charge in [0, 0.05) is 18.3 Å². The number of benzene rings is 2. The van der Waals surface area contributed by atoms with E-state index < -0.39 is 52.2 Å². The Morgan fingerprint density at radius 2 is 1.97 bits per heavy atom. The lowest BCUT2D eigenvalue weighted by Gasteiger charge is -2.36. The van der Waals surface area contributed by atoms with Crippen molar-refractivity contribution in [3.8, 4) is 5.75 Å². The van der Waals surface area contributed by atoms with Gasteiger partial charge in [-0.25, -0.2) is 18.2 Å². The van der Waals surface area contributed by atoms with E-state index in [0.717, 1.165) is 10.4 Å². The third-order valence-corrected chi connectivity index (χ3v) is 8.25. The van der Waals surface area contributed by atoms with Crippen LogP contribution in [0.15, 0.2) is 36.4 Å². The summed E-state index contributed by atoms with van der Waals surface area (Å²) in [7, 11) is -4.11. The summed E-state index contributed by atoms with van der Waals surface area (Å²) in [5.41, 5.74) is 2.45. The van der Waals surface area contributed by atoms with Gasteiger partial charge >= 0.3 is 6.55 Å². The lowest BCUT2D eigenvalue weighted by molar-refractivity contribution is -0.0435. The van der Waals surface area contributed by atoms with Gasteiger partial charge in [-0.15, -0.1) is 0 Å². The third-order valence-electron chi connectivity index (χ3n) is 5.66. The van der Waals surface area contributed by atoms with E-state index in [0.29, 0.717) is 5.01 Å². The predicted octanol–water partition coefficient (Wildman–Crippen LogP) is 3.45. The standard InChI is InChI=1S/C21H22ClF3N4O4S/c1-11-9-29(34(31,32)18-10-28(21(24)25)27-12(18)2)16-8-13(6-7-17(16)33-11)26-20(30)19-14(22)4-3-5-15(19)23/h3-8,11-12,18,21,27H,9-10H2,1-2H3,(H,26,30)/t11-,12?,18?/m0/s1. The number of carbonyl (C=O) groups is 1. The zero-order chi connectivity index (χ0) is 24.8. The molecule has 2 unspecified atom stereocenters. The molecule has 1 saturated heterocycles. The molecule has 0 aliphatic carbocycles. The first-order valence-corrected chi connectivity index (χ1v) is 12.3. The second-order valence-electron chi connectivity index (χ2n) is 8.12. The number of sulfonamides is 1. The van der Waals surface area contributed by atoms with Crippen LogP contribution in [0.25, 0.3) is 0 Å². The van der Waals surface area contributed by atoms with Crippen molar-refractivity contribution in [2.24, 2.45) is 0 Å². The van der Waals surface area contributed by atoms with E-state index in [1.165, 1.54) is 37.3 Å². The molecule has 1 fully saturated rings. The number of nitrogens with one attached hydrogen (secondary N) is 2. The number of fused-ring (bicyclic) bond motifs is 1. The van der Waals surface area contributed by atoms with Crippen molar-refractivity contribution >= 4 is 38.9 Å². The third kappa shape index (κ3) is 4.54. The number of hydrazine groups is 1. The van der Waals surface area contributed by atoms with Gasteiger partial charge in [-0.2, -0.15) is 13.8 Å². The van der Waals surface area contributed by atoms with Crippen LogP contribution >= 0.6 is 11.6 Å². The number of ether oxygens (including phenoxy) is 1. The van der Waals surface area contributed by atoms with E-state index >= 15 is 0 Å². The van der Waals surface area contributed by atoms with E-state index in [1.807, 2.05) is 0 Å². The summed E-state index contributed by atoms with van der Waals surface area (Å²) in [4.78, 5) is 12.6. The van der Waals surface area contributed by atoms with Crippen LogP contribution in [0.5, 0.6) is 5.75 Å². The van der Waals surface area contributed by atoms with Crippen LogP contribution in [0.1, 0.15) is 24.2 Å². The van der Waals surface area contributed by atoms with Gasteiger partial charge in [0.25, 0.3) is 5.91 Å². The van der Waals surface area contributed by atoms with Gasteiger partial charge in [-0.3, -0.25) is 9.10 Å². The van der Waals surface area contributed by atoms with Crippen LogP contribution in [0.3, 0.4) is 0 Å². The molecule has 2 N–H and O–H groups in total. The number of nitrogens with zero attached hydrogens (tertiary/aromatic N) is 2. The Morgan fingerprint density at radius 3 is 2.62 bits per heavy atom. The molecule has 2 heterocycles. The summed E-state index contributed by atoms with van der Waals surface area (Å²) in [6.45, 7) is -0.104. The molecule has 2 aliphatic rings. The fourth-order valence-corrected chi connectivity index (χ4v) is 6.36. The topological polar surface area (TPSA) is 91.0 Å². The monoisotopic (exact) mass is 518 g/mol. The van der Waals surface area contributed by atoms with Crippen molar-refractivity contribution in [3.05, 3.63) is 52.8 Å². The van der Waals surface area contributed by atoms with Crippen molar-refractivity contribution in [3.63, 3.8) is 0 Å². The van der Waals surface area contributed by atoms with E-state index in [4.69, 9.17) is 16.3 Å². The summed E-state index contributed by atoms with van der Waals surface area (Å²) in [6, 6.07) is 7.41. The van der Waals surface area contributed by atoms with Crippen LogP contribution < -0.4 is 19.8 Å². The first kappa shape index (κ1) is 24.6. The summed E-state index contributed by atoms with van der Waals surface area (Å²) >= 11 is 5.95. The molecule has 13 heteroatoms. The highest BCUT2D eigenvalue weighted by Gasteiger charge is 2.46. The summed E-state index contributed by atoms with van der Waals surface area (Å²) in [6.07, 6.45) is -0.504. The van der Waals surface area contributed by atoms with Gasteiger partial charge in [-0.05, 0) is 44.2 Å². The molecule has 0 bridgehead atoms. The maximum Gasteiger partial charge on any atom is 0.306 e. The SMILES string of the molecule is CC1NN(C(F)F)CC1S(=O)(=O)N1C[C@H](C)Oc2ccc(NC(=O)c3c(F)cccc3Cl)cc21. The highest BCUT2D eigenvalue weighted by atomic mass is 35.5. The minimum atomic E-state index is -4.11. The first-order valence-electron chi connectivity index (χ1n) is 10.4. The fourth-order valence-electron chi connectivity index (χ4n) is 4.03. The van der Waals surface area contributed by atoms with E-state index in [2.05, 4.69) is 10.7 Å². The normalized spacial score (nSPS) is 23.0. The van der Waals surface area contributed by atoms with Crippen molar-refractivity contribution in [2.45, 2.75) is 37.8 Å². The number of hydrogen-bond donors (Lipinski definition) is 2.